The van der Waals surface area contributed by atoms with Crippen LogP contribution in [0.5, 0.6) is 0 Å². The fourth-order valence-corrected chi connectivity index (χ4v) is 11.9. The summed E-state index contributed by atoms with van der Waals surface area (Å²) in [6.45, 7) is 0. The number of hydrogen-bond acceptors (Lipinski definition) is 4. The van der Waals surface area contributed by atoms with Gasteiger partial charge in [-0.25, -0.2) is 15.0 Å². The maximum atomic E-state index is 5.43. The zero-order valence-electron chi connectivity index (χ0n) is 33.5. The Morgan fingerprint density at radius 2 is 1.02 bits per heavy atom. The van der Waals surface area contributed by atoms with Crippen LogP contribution >= 0.6 is 11.3 Å². The predicted molar refractivity (Wildman–Crippen MR) is 260 cm³/mol. The molecular weight excluding hydrogens is 771 g/mol. The molecule has 3 nitrogen and oxygen atoms in total. The highest BCUT2D eigenvalue weighted by atomic mass is 32.1. The van der Waals surface area contributed by atoms with E-state index in [0.29, 0.717) is 29.3 Å². The summed E-state index contributed by atoms with van der Waals surface area (Å²) in [5, 5.41) is 12.5. The van der Waals surface area contributed by atoms with E-state index in [1.54, 1.807) is 0 Å². The molecule has 14 rings (SSSR count). The zero-order valence-corrected chi connectivity index (χ0v) is 34.3. The number of rotatable bonds is 4. The van der Waals surface area contributed by atoms with E-state index in [1.165, 1.54) is 103 Å². The van der Waals surface area contributed by atoms with Gasteiger partial charge in [0.1, 0.15) is 0 Å². The molecule has 288 valence electrons. The zero-order chi connectivity index (χ0) is 40.5. The minimum atomic E-state index is 0.512. The van der Waals surface area contributed by atoms with Crippen molar-refractivity contribution < 1.29 is 0 Å². The molecule has 0 radical (unpaired) electrons. The normalized spacial score (nSPS) is 15.4. The van der Waals surface area contributed by atoms with Crippen molar-refractivity contribution in [3.63, 3.8) is 0 Å². The highest BCUT2D eigenvalue weighted by Gasteiger charge is 2.46. The molecule has 2 aromatic heterocycles. The smallest absolute Gasteiger partial charge is 0.164 e. The van der Waals surface area contributed by atoms with Gasteiger partial charge in [0.05, 0.1) is 0 Å². The first-order chi connectivity index (χ1) is 30.7. The van der Waals surface area contributed by atoms with E-state index in [9.17, 15) is 0 Å². The molecule has 0 saturated heterocycles. The predicted octanol–water partition coefficient (Wildman–Crippen LogP) is 15.8. The van der Waals surface area contributed by atoms with Gasteiger partial charge in [0.25, 0.3) is 0 Å². The summed E-state index contributed by atoms with van der Waals surface area (Å²) < 4.78 is 2.58. The molecule has 0 amide bonds. The van der Waals surface area contributed by atoms with Crippen LogP contribution in [0, 0.1) is 0 Å². The van der Waals surface area contributed by atoms with Crippen LogP contribution in [0.15, 0.2) is 188 Å². The summed E-state index contributed by atoms with van der Waals surface area (Å²) in [6, 6.07) is 68.8. The summed E-state index contributed by atoms with van der Waals surface area (Å²) in [4.78, 5) is 16.0. The van der Waals surface area contributed by atoms with Gasteiger partial charge >= 0.3 is 0 Å². The second-order valence-corrected chi connectivity index (χ2v) is 18.1. The Kier molecular flexibility index (Phi) is 7.17. The molecule has 2 aliphatic carbocycles. The number of fused-ring (bicyclic) bond motifs is 16. The lowest BCUT2D eigenvalue weighted by Gasteiger charge is -2.22. The Balaban J connectivity index is 1.03. The monoisotopic (exact) mass is 805 g/mol. The largest absolute Gasteiger partial charge is 0.208 e. The van der Waals surface area contributed by atoms with Crippen molar-refractivity contribution in [3.8, 4) is 56.4 Å². The molecule has 0 bridgehead atoms. The molecule has 2 heterocycles. The van der Waals surface area contributed by atoms with E-state index in [0.717, 1.165) is 16.7 Å². The number of aromatic nitrogens is 3. The Bertz CT molecular complexity index is 3870. The lowest BCUT2D eigenvalue weighted by molar-refractivity contribution is 1.01. The van der Waals surface area contributed by atoms with Crippen LogP contribution in [0.25, 0.3) is 120 Å². The molecule has 0 spiro atoms. The lowest BCUT2D eigenvalue weighted by atomic mass is 9.82. The van der Waals surface area contributed by atoms with Crippen molar-refractivity contribution in [1.82, 2.24) is 15.0 Å². The number of thiophene rings is 1. The van der Waals surface area contributed by atoms with Gasteiger partial charge in [-0.15, -0.1) is 11.3 Å². The van der Waals surface area contributed by atoms with Crippen LogP contribution in [-0.4, -0.2) is 15.0 Å². The van der Waals surface area contributed by atoms with Crippen LogP contribution in [0.2, 0.25) is 0 Å². The molecule has 0 N–H and O–H groups in total. The molecule has 4 heteroatoms. The van der Waals surface area contributed by atoms with Crippen molar-refractivity contribution in [2.75, 3.05) is 0 Å². The van der Waals surface area contributed by atoms with Crippen molar-refractivity contribution in [2.24, 2.45) is 0 Å². The topological polar surface area (TPSA) is 38.7 Å². The Labute approximate surface area is 361 Å². The minimum Gasteiger partial charge on any atom is -0.208 e. The summed E-state index contributed by atoms with van der Waals surface area (Å²) >= 11 is 1.88. The molecule has 2 unspecified atom stereocenters. The summed E-state index contributed by atoms with van der Waals surface area (Å²) in [7, 11) is 0. The summed E-state index contributed by atoms with van der Waals surface area (Å²) in [6.07, 6.45) is 1.18. The van der Waals surface area contributed by atoms with Crippen LogP contribution in [-0.2, 0) is 0 Å². The third-order valence-electron chi connectivity index (χ3n) is 13.6. The fraction of sp³-hybridized carbons (Fsp3) is 0.0517. The van der Waals surface area contributed by atoms with Crippen molar-refractivity contribution >= 4 is 74.6 Å². The fourth-order valence-electron chi connectivity index (χ4n) is 10.6. The van der Waals surface area contributed by atoms with Gasteiger partial charge in [-0.3, -0.25) is 0 Å². The Hall–Kier alpha value is -7.53. The Morgan fingerprint density at radius 1 is 0.371 bits per heavy atom. The van der Waals surface area contributed by atoms with E-state index < -0.39 is 0 Å². The third kappa shape index (κ3) is 5.08. The van der Waals surface area contributed by atoms with Gasteiger partial charge in [-0.2, -0.15) is 0 Å². The minimum absolute atomic E-state index is 0.512. The van der Waals surface area contributed by atoms with E-state index >= 15 is 0 Å². The molecule has 1 fully saturated rings. The van der Waals surface area contributed by atoms with Gasteiger partial charge < -0.3 is 0 Å². The molecule has 2 atom stereocenters. The van der Waals surface area contributed by atoms with Crippen molar-refractivity contribution in [2.45, 2.75) is 18.3 Å². The highest BCUT2D eigenvalue weighted by molar-refractivity contribution is 7.26. The van der Waals surface area contributed by atoms with E-state index in [1.807, 2.05) is 17.4 Å². The number of hydrogen-bond donors (Lipinski definition) is 0. The van der Waals surface area contributed by atoms with Crippen LogP contribution < -0.4 is 0 Å². The van der Waals surface area contributed by atoms with Crippen LogP contribution in [0.4, 0.5) is 0 Å². The first kappa shape index (κ1) is 34.2. The third-order valence-corrected chi connectivity index (χ3v) is 14.8. The van der Waals surface area contributed by atoms with Gasteiger partial charge in [0, 0.05) is 42.4 Å². The van der Waals surface area contributed by atoms with E-state index in [4.69, 9.17) is 15.0 Å². The van der Waals surface area contributed by atoms with Gasteiger partial charge in [0.2, 0.25) is 0 Å². The van der Waals surface area contributed by atoms with Gasteiger partial charge in [-0.05, 0) is 119 Å². The maximum absolute atomic E-state index is 5.43. The van der Waals surface area contributed by atoms with Gasteiger partial charge in [-0.1, -0.05) is 158 Å². The molecular formula is C58H35N3S. The molecule has 12 aromatic rings. The molecule has 2 aliphatic rings. The quantitative estimate of drug-likeness (QED) is 0.166. The van der Waals surface area contributed by atoms with E-state index in [2.05, 4.69) is 182 Å². The number of benzene rings is 10. The first-order valence-electron chi connectivity index (χ1n) is 21.5. The Morgan fingerprint density at radius 3 is 1.85 bits per heavy atom. The van der Waals surface area contributed by atoms with Crippen molar-refractivity contribution in [3.05, 3.63) is 199 Å². The second-order valence-electron chi connectivity index (χ2n) is 17.0. The van der Waals surface area contributed by atoms with E-state index in [-0.39, 0.29) is 0 Å². The lowest BCUT2D eigenvalue weighted by Crippen LogP contribution is -2.03. The maximum Gasteiger partial charge on any atom is 0.164 e. The SMILES string of the molecule is c1ccc(-c2nc(-c3ccc4c(c3)C3CC3c3ccc5ccccc5c3-4)nc(-c3cc(-c4cc5ccccc5c5c4sc4ccccc45)c4ccc5ccccc5c4c3)n2)cc1. The average molecular weight is 806 g/mol. The van der Waals surface area contributed by atoms with Crippen LogP contribution in [0.3, 0.4) is 0 Å². The second kappa shape index (κ2) is 13.0. The van der Waals surface area contributed by atoms with Gasteiger partial charge in [0.15, 0.2) is 17.5 Å². The highest BCUT2D eigenvalue weighted by Crippen LogP contribution is 2.63. The standard InChI is InChI=1S/C58H35N3S/c1-2-14-35(15-3-1)56-59-57(37-24-27-43-48(29-37)50-32-49(50)44-26-23-34-13-5-8-18-40(34)53(43)44)61-58(60-56)38-30-46-39-17-7-4-12-33(39)22-25-42(46)47(31-38)51-28-36-16-6-9-19-41(36)54-45-20-10-11-21-52(45)62-55(51)54/h1-31,49-50H,32H2. The molecule has 62 heavy (non-hydrogen) atoms. The first-order valence-corrected chi connectivity index (χ1v) is 22.3. The summed E-state index contributed by atoms with van der Waals surface area (Å²) in [5.41, 5.74) is 11.0. The average Bonchev–Trinajstić information content (AvgIpc) is 4.06. The van der Waals surface area contributed by atoms with Crippen LogP contribution in [0.1, 0.15) is 29.4 Å². The molecule has 1 saturated carbocycles. The number of nitrogens with zero attached hydrogens (tertiary/aromatic N) is 3. The molecule has 0 aliphatic heterocycles. The molecule has 10 aromatic carbocycles. The summed E-state index contributed by atoms with van der Waals surface area (Å²) in [5.74, 6) is 3.09. The van der Waals surface area contributed by atoms with Crippen molar-refractivity contribution in [1.29, 1.82) is 0 Å².